The van der Waals surface area contributed by atoms with Crippen LogP contribution < -0.4 is 10.6 Å². The highest BCUT2D eigenvalue weighted by Crippen LogP contribution is 2.05. The van der Waals surface area contributed by atoms with Gasteiger partial charge >= 0.3 is 6.09 Å². The molecular formula is C14H22N4O2. The van der Waals surface area contributed by atoms with Gasteiger partial charge in [-0.15, -0.1) is 0 Å². The Kier molecular flexibility index (Phi) is 6.66. The Bertz CT molecular complexity index is 427. The van der Waals surface area contributed by atoms with Gasteiger partial charge in [0.25, 0.3) is 0 Å². The van der Waals surface area contributed by atoms with Gasteiger partial charge in [0.2, 0.25) is 0 Å². The van der Waals surface area contributed by atoms with E-state index in [0.717, 1.165) is 5.69 Å². The lowest BCUT2D eigenvalue weighted by Crippen LogP contribution is -2.32. The van der Waals surface area contributed by atoms with Gasteiger partial charge in [0.15, 0.2) is 0 Å². The second-order valence-corrected chi connectivity index (χ2v) is 5.19. The van der Waals surface area contributed by atoms with Crippen LogP contribution in [0.25, 0.3) is 0 Å². The minimum atomic E-state index is -0.465. The van der Waals surface area contributed by atoms with Gasteiger partial charge < -0.3 is 15.4 Å². The smallest absolute Gasteiger partial charge is 0.407 e. The predicted molar refractivity (Wildman–Crippen MR) is 77.1 cm³/mol. The fraction of sp³-hybridized carbons (Fsp3) is 0.500. The quantitative estimate of drug-likeness (QED) is 0.611. The van der Waals surface area contributed by atoms with E-state index in [1.807, 2.05) is 39.0 Å². The van der Waals surface area contributed by atoms with Gasteiger partial charge in [-0.05, 0) is 26.8 Å². The lowest BCUT2D eigenvalue weighted by Gasteiger charge is -2.19. The van der Waals surface area contributed by atoms with Crippen molar-refractivity contribution in [3.63, 3.8) is 0 Å². The molecule has 20 heavy (non-hydrogen) atoms. The number of alkyl carbamates (subject to hydrolysis) is 1. The Hall–Kier alpha value is -1.95. The van der Waals surface area contributed by atoms with Crippen LogP contribution in [0.2, 0.25) is 0 Å². The molecule has 1 amide bonds. The first-order chi connectivity index (χ1) is 9.47. The van der Waals surface area contributed by atoms with E-state index in [1.165, 1.54) is 6.33 Å². The summed E-state index contributed by atoms with van der Waals surface area (Å²) in [5, 5.41) is 5.86. The second kappa shape index (κ2) is 8.27. The third-order valence-electron chi connectivity index (χ3n) is 2.14. The van der Waals surface area contributed by atoms with E-state index in [9.17, 15) is 4.79 Å². The summed E-state index contributed by atoms with van der Waals surface area (Å²) < 4.78 is 5.11. The van der Waals surface area contributed by atoms with E-state index < -0.39 is 11.7 Å². The Morgan fingerprint density at radius 2 is 2.10 bits per heavy atom. The van der Waals surface area contributed by atoms with Crippen LogP contribution in [0, 0.1) is 0 Å². The van der Waals surface area contributed by atoms with Crippen LogP contribution in [0.1, 0.15) is 26.5 Å². The van der Waals surface area contributed by atoms with E-state index in [2.05, 4.69) is 20.6 Å². The highest BCUT2D eigenvalue weighted by atomic mass is 16.6. The zero-order valence-corrected chi connectivity index (χ0v) is 12.2. The fourth-order valence-corrected chi connectivity index (χ4v) is 1.33. The molecule has 1 rings (SSSR count). The number of hydrogen-bond donors (Lipinski definition) is 2. The van der Waals surface area contributed by atoms with Crippen LogP contribution in [-0.2, 0) is 11.3 Å². The molecule has 0 aliphatic heterocycles. The Morgan fingerprint density at radius 1 is 1.35 bits per heavy atom. The number of carbonyl (C=O) groups excluding carboxylic acids is 1. The minimum absolute atomic E-state index is 0.406. The molecule has 0 saturated heterocycles. The number of amides is 1. The zero-order chi connectivity index (χ0) is 14.8. The Labute approximate surface area is 119 Å². The first-order valence-electron chi connectivity index (χ1n) is 6.55. The molecule has 0 unspecified atom stereocenters. The topological polar surface area (TPSA) is 76.1 Å². The SMILES string of the molecule is CC(C)(C)OC(=O)NC/C=C/CNCc1ccncn1. The molecular weight excluding hydrogens is 256 g/mol. The first-order valence-corrected chi connectivity index (χ1v) is 6.55. The van der Waals surface area contributed by atoms with Crippen molar-refractivity contribution in [3.05, 3.63) is 36.4 Å². The third kappa shape index (κ3) is 8.20. The zero-order valence-electron chi connectivity index (χ0n) is 12.2. The van der Waals surface area contributed by atoms with Gasteiger partial charge in [-0.2, -0.15) is 0 Å². The molecule has 2 N–H and O–H groups in total. The molecule has 1 aromatic heterocycles. The summed E-state index contributed by atoms with van der Waals surface area (Å²) in [6, 6.07) is 1.86. The predicted octanol–water partition coefficient (Wildman–Crippen LogP) is 1.65. The summed E-state index contributed by atoms with van der Waals surface area (Å²) in [6.07, 6.45) is 6.65. The monoisotopic (exact) mass is 278 g/mol. The molecule has 110 valence electrons. The van der Waals surface area contributed by atoms with E-state index in [4.69, 9.17) is 4.74 Å². The largest absolute Gasteiger partial charge is 0.444 e. The van der Waals surface area contributed by atoms with Gasteiger partial charge in [0.05, 0.1) is 5.69 Å². The summed E-state index contributed by atoms with van der Waals surface area (Å²) in [5.41, 5.74) is 0.479. The molecule has 0 atom stereocenters. The fourth-order valence-electron chi connectivity index (χ4n) is 1.33. The van der Waals surface area contributed by atoms with E-state index in [-0.39, 0.29) is 0 Å². The second-order valence-electron chi connectivity index (χ2n) is 5.19. The van der Waals surface area contributed by atoms with Gasteiger partial charge in [-0.3, -0.25) is 0 Å². The highest BCUT2D eigenvalue weighted by Gasteiger charge is 2.14. The molecule has 0 fully saturated rings. The van der Waals surface area contributed by atoms with Crippen LogP contribution in [0.15, 0.2) is 30.7 Å². The third-order valence-corrected chi connectivity index (χ3v) is 2.14. The molecule has 1 heterocycles. The molecule has 0 bridgehead atoms. The maximum absolute atomic E-state index is 11.3. The van der Waals surface area contributed by atoms with Crippen LogP contribution in [-0.4, -0.2) is 34.8 Å². The summed E-state index contributed by atoms with van der Waals surface area (Å²) in [6.45, 7) is 7.34. The molecule has 0 radical (unpaired) electrons. The normalized spacial score (nSPS) is 11.6. The van der Waals surface area contributed by atoms with E-state index in [1.54, 1.807) is 6.20 Å². The molecule has 6 nitrogen and oxygen atoms in total. The summed E-state index contributed by atoms with van der Waals surface area (Å²) in [4.78, 5) is 19.3. The number of aromatic nitrogens is 2. The number of hydrogen-bond acceptors (Lipinski definition) is 5. The van der Waals surface area contributed by atoms with Crippen molar-refractivity contribution in [3.8, 4) is 0 Å². The first kappa shape index (κ1) is 16.1. The molecule has 0 spiro atoms. The highest BCUT2D eigenvalue weighted by molar-refractivity contribution is 5.67. The number of nitrogens with one attached hydrogen (secondary N) is 2. The maximum atomic E-state index is 11.3. The minimum Gasteiger partial charge on any atom is -0.444 e. The summed E-state index contributed by atoms with van der Waals surface area (Å²) >= 11 is 0. The summed E-state index contributed by atoms with van der Waals surface area (Å²) in [7, 11) is 0. The van der Waals surface area contributed by atoms with E-state index in [0.29, 0.717) is 19.6 Å². The van der Waals surface area contributed by atoms with Crippen molar-refractivity contribution in [1.82, 2.24) is 20.6 Å². The molecule has 0 saturated carbocycles. The number of ether oxygens (including phenoxy) is 1. The van der Waals surface area contributed by atoms with Crippen LogP contribution in [0.5, 0.6) is 0 Å². The number of carbonyl (C=O) groups is 1. The van der Waals surface area contributed by atoms with Crippen LogP contribution in [0.3, 0.4) is 0 Å². The molecule has 0 aliphatic rings. The summed E-state index contributed by atoms with van der Waals surface area (Å²) in [5.74, 6) is 0. The number of rotatable bonds is 6. The van der Waals surface area contributed by atoms with E-state index >= 15 is 0 Å². The maximum Gasteiger partial charge on any atom is 0.407 e. The van der Waals surface area contributed by atoms with Gasteiger partial charge in [-0.1, -0.05) is 12.2 Å². The van der Waals surface area contributed by atoms with Crippen molar-refractivity contribution >= 4 is 6.09 Å². The van der Waals surface area contributed by atoms with Crippen molar-refractivity contribution in [2.45, 2.75) is 32.9 Å². The van der Waals surface area contributed by atoms with Crippen molar-refractivity contribution in [2.24, 2.45) is 0 Å². The molecule has 6 heteroatoms. The van der Waals surface area contributed by atoms with Crippen LogP contribution >= 0.6 is 0 Å². The Morgan fingerprint density at radius 3 is 2.75 bits per heavy atom. The van der Waals surface area contributed by atoms with Crippen molar-refractivity contribution < 1.29 is 9.53 Å². The van der Waals surface area contributed by atoms with Crippen molar-refractivity contribution in [2.75, 3.05) is 13.1 Å². The van der Waals surface area contributed by atoms with Crippen LogP contribution in [0.4, 0.5) is 4.79 Å². The molecule has 0 aliphatic carbocycles. The number of nitrogens with zero attached hydrogens (tertiary/aromatic N) is 2. The lowest BCUT2D eigenvalue weighted by atomic mass is 10.2. The molecule has 1 aromatic rings. The van der Waals surface area contributed by atoms with Gasteiger partial charge in [-0.25, -0.2) is 14.8 Å². The average Bonchev–Trinajstić information content (AvgIpc) is 2.37. The standard InChI is InChI=1S/C14H22N4O2/c1-14(2,3)20-13(19)17-8-5-4-7-15-10-12-6-9-16-11-18-12/h4-6,9,11,15H,7-8,10H2,1-3H3,(H,17,19)/b5-4+. The molecule has 0 aromatic carbocycles. The van der Waals surface area contributed by atoms with Gasteiger partial charge in [0, 0.05) is 25.8 Å². The van der Waals surface area contributed by atoms with Crippen molar-refractivity contribution in [1.29, 1.82) is 0 Å². The average molecular weight is 278 g/mol. The lowest BCUT2D eigenvalue weighted by molar-refractivity contribution is 0.0534. The van der Waals surface area contributed by atoms with Gasteiger partial charge in [0.1, 0.15) is 11.9 Å². The Balaban J connectivity index is 2.07.